The van der Waals surface area contributed by atoms with Crippen molar-refractivity contribution in [2.75, 3.05) is 13.1 Å². The lowest BCUT2D eigenvalue weighted by atomic mass is 10.1. The highest BCUT2D eigenvalue weighted by Crippen LogP contribution is 2.24. The standard InChI is InChI=1S/C14H22BrNS/c1-11(2)10-16-8-4-5-12(3)9-13-6-7-14(15)17-13/h5-7,11,16H,4,8-10H2,1-3H3. The minimum atomic E-state index is 0.739. The van der Waals surface area contributed by atoms with Gasteiger partial charge in [0.2, 0.25) is 0 Å². The van der Waals surface area contributed by atoms with Crippen LogP contribution < -0.4 is 5.32 Å². The summed E-state index contributed by atoms with van der Waals surface area (Å²) in [6.45, 7) is 8.90. The van der Waals surface area contributed by atoms with Crippen molar-refractivity contribution in [2.24, 2.45) is 5.92 Å². The van der Waals surface area contributed by atoms with E-state index in [-0.39, 0.29) is 0 Å². The molecule has 0 spiro atoms. The Morgan fingerprint density at radius 3 is 2.82 bits per heavy atom. The molecule has 0 saturated carbocycles. The second-order valence-electron chi connectivity index (χ2n) is 4.82. The van der Waals surface area contributed by atoms with Crippen molar-refractivity contribution in [1.29, 1.82) is 0 Å². The van der Waals surface area contributed by atoms with Crippen molar-refractivity contribution < 1.29 is 0 Å². The average molecular weight is 316 g/mol. The van der Waals surface area contributed by atoms with Gasteiger partial charge < -0.3 is 5.32 Å². The van der Waals surface area contributed by atoms with E-state index in [4.69, 9.17) is 0 Å². The zero-order chi connectivity index (χ0) is 12.7. The van der Waals surface area contributed by atoms with Gasteiger partial charge in [-0.05, 0) is 60.4 Å². The molecule has 0 unspecified atom stereocenters. The quantitative estimate of drug-likeness (QED) is 0.571. The Morgan fingerprint density at radius 2 is 2.24 bits per heavy atom. The molecule has 96 valence electrons. The maximum Gasteiger partial charge on any atom is 0.0701 e. The molecule has 0 aromatic carbocycles. The molecule has 0 aliphatic heterocycles. The third-order valence-corrected chi connectivity index (χ3v) is 4.07. The molecule has 1 aromatic heterocycles. The molecule has 1 N–H and O–H groups in total. The van der Waals surface area contributed by atoms with E-state index < -0.39 is 0 Å². The van der Waals surface area contributed by atoms with Crippen molar-refractivity contribution in [3.8, 4) is 0 Å². The molecule has 0 amide bonds. The summed E-state index contributed by atoms with van der Waals surface area (Å²) in [5.74, 6) is 0.739. The number of hydrogen-bond donors (Lipinski definition) is 1. The molecule has 0 saturated heterocycles. The second kappa shape index (κ2) is 8.06. The molecule has 1 aromatic rings. The molecular formula is C14H22BrNS. The van der Waals surface area contributed by atoms with Gasteiger partial charge in [-0.3, -0.25) is 0 Å². The first-order chi connectivity index (χ1) is 8.08. The van der Waals surface area contributed by atoms with Crippen molar-refractivity contribution in [3.05, 3.63) is 32.4 Å². The van der Waals surface area contributed by atoms with E-state index in [0.29, 0.717) is 0 Å². The highest BCUT2D eigenvalue weighted by molar-refractivity contribution is 9.11. The molecule has 0 radical (unpaired) electrons. The molecule has 1 rings (SSSR count). The van der Waals surface area contributed by atoms with Gasteiger partial charge in [0.15, 0.2) is 0 Å². The number of allylic oxidation sites excluding steroid dienone is 1. The summed E-state index contributed by atoms with van der Waals surface area (Å²) in [7, 11) is 0. The summed E-state index contributed by atoms with van der Waals surface area (Å²) >= 11 is 5.32. The van der Waals surface area contributed by atoms with E-state index in [1.807, 2.05) is 11.3 Å². The molecule has 17 heavy (non-hydrogen) atoms. The van der Waals surface area contributed by atoms with E-state index in [9.17, 15) is 0 Å². The largest absolute Gasteiger partial charge is 0.316 e. The Bertz CT molecular complexity index is 355. The van der Waals surface area contributed by atoms with Crippen LogP contribution in [0.5, 0.6) is 0 Å². The number of halogens is 1. The lowest BCUT2D eigenvalue weighted by Gasteiger charge is -2.05. The Kier molecular flexibility index (Phi) is 7.09. The van der Waals surface area contributed by atoms with Crippen LogP contribution in [0.3, 0.4) is 0 Å². The predicted octanol–water partition coefficient (Wildman–Crippen LogP) is 4.64. The van der Waals surface area contributed by atoms with Crippen LogP contribution in [0.15, 0.2) is 27.6 Å². The number of rotatable bonds is 7. The molecule has 1 heterocycles. The normalized spacial score (nSPS) is 12.4. The maximum atomic E-state index is 3.50. The minimum absolute atomic E-state index is 0.739. The molecule has 3 heteroatoms. The fraction of sp³-hybridized carbons (Fsp3) is 0.571. The number of nitrogens with one attached hydrogen (secondary N) is 1. The summed E-state index contributed by atoms with van der Waals surface area (Å²) in [5, 5.41) is 3.46. The van der Waals surface area contributed by atoms with Gasteiger partial charge in [0.05, 0.1) is 3.79 Å². The highest BCUT2D eigenvalue weighted by Gasteiger charge is 1.98. The van der Waals surface area contributed by atoms with E-state index in [2.05, 4.69) is 60.2 Å². The van der Waals surface area contributed by atoms with Gasteiger partial charge in [-0.15, -0.1) is 11.3 Å². The van der Waals surface area contributed by atoms with E-state index in [1.54, 1.807) is 0 Å². The van der Waals surface area contributed by atoms with Crippen molar-refractivity contribution >= 4 is 27.3 Å². The molecular weight excluding hydrogens is 294 g/mol. The average Bonchev–Trinajstić information content (AvgIpc) is 2.63. The van der Waals surface area contributed by atoms with Crippen LogP contribution in [0.2, 0.25) is 0 Å². The topological polar surface area (TPSA) is 12.0 Å². The monoisotopic (exact) mass is 315 g/mol. The minimum Gasteiger partial charge on any atom is -0.316 e. The smallest absolute Gasteiger partial charge is 0.0701 e. The highest BCUT2D eigenvalue weighted by atomic mass is 79.9. The lowest BCUT2D eigenvalue weighted by Crippen LogP contribution is -2.20. The molecule has 1 nitrogen and oxygen atoms in total. The lowest BCUT2D eigenvalue weighted by molar-refractivity contribution is 0.556. The predicted molar refractivity (Wildman–Crippen MR) is 81.8 cm³/mol. The summed E-state index contributed by atoms with van der Waals surface area (Å²) in [5.41, 5.74) is 1.46. The number of thiophene rings is 1. The van der Waals surface area contributed by atoms with Crippen molar-refractivity contribution in [1.82, 2.24) is 5.32 Å². The van der Waals surface area contributed by atoms with Crippen LogP contribution in [-0.4, -0.2) is 13.1 Å². The third kappa shape index (κ3) is 7.02. The van der Waals surface area contributed by atoms with Crippen molar-refractivity contribution in [3.63, 3.8) is 0 Å². The third-order valence-electron chi connectivity index (χ3n) is 2.45. The first kappa shape index (κ1) is 14.9. The summed E-state index contributed by atoms with van der Waals surface area (Å²) < 4.78 is 1.22. The van der Waals surface area contributed by atoms with E-state index >= 15 is 0 Å². The van der Waals surface area contributed by atoms with Crippen LogP contribution in [0, 0.1) is 5.92 Å². The van der Waals surface area contributed by atoms with Gasteiger partial charge in [-0.2, -0.15) is 0 Å². The molecule has 0 atom stereocenters. The zero-order valence-corrected chi connectivity index (χ0v) is 13.3. The van der Waals surface area contributed by atoms with Crippen LogP contribution in [0.1, 0.15) is 32.1 Å². The Balaban J connectivity index is 2.21. The summed E-state index contributed by atoms with van der Waals surface area (Å²) in [6.07, 6.45) is 4.56. The Labute approximate surface area is 117 Å². The zero-order valence-electron chi connectivity index (χ0n) is 10.9. The summed E-state index contributed by atoms with van der Waals surface area (Å²) in [6, 6.07) is 4.32. The van der Waals surface area contributed by atoms with Gasteiger partial charge in [-0.1, -0.05) is 25.5 Å². The van der Waals surface area contributed by atoms with Gasteiger partial charge in [0, 0.05) is 11.3 Å². The summed E-state index contributed by atoms with van der Waals surface area (Å²) in [4.78, 5) is 1.43. The van der Waals surface area contributed by atoms with Crippen molar-refractivity contribution in [2.45, 2.75) is 33.6 Å². The first-order valence-corrected chi connectivity index (χ1v) is 7.79. The van der Waals surface area contributed by atoms with E-state index in [0.717, 1.165) is 31.8 Å². The molecule has 0 aliphatic rings. The number of hydrogen-bond acceptors (Lipinski definition) is 2. The van der Waals surface area contributed by atoms with Crippen LogP contribution in [0.25, 0.3) is 0 Å². The fourth-order valence-electron chi connectivity index (χ4n) is 1.61. The van der Waals surface area contributed by atoms with Gasteiger partial charge >= 0.3 is 0 Å². The maximum absolute atomic E-state index is 3.50. The van der Waals surface area contributed by atoms with Crippen LogP contribution in [-0.2, 0) is 6.42 Å². The van der Waals surface area contributed by atoms with Gasteiger partial charge in [0.25, 0.3) is 0 Å². The first-order valence-electron chi connectivity index (χ1n) is 6.18. The van der Waals surface area contributed by atoms with Gasteiger partial charge in [-0.25, -0.2) is 0 Å². The molecule has 0 bridgehead atoms. The molecule has 0 fully saturated rings. The Morgan fingerprint density at radius 1 is 1.47 bits per heavy atom. The van der Waals surface area contributed by atoms with Crippen LogP contribution in [0.4, 0.5) is 0 Å². The SMILES string of the molecule is CC(=CCCNCC(C)C)Cc1ccc(Br)s1. The molecule has 0 aliphatic carbocycles. The second-order valence-corrected chi connectivity index (χ2v) is 7.37. The van der Waals surface area contributed by atoms with Crippen LogP contribution >= 0.6 is 27.3 Å². The van der Waals surface area contributed by atoms with Gasteiger partial charge in [0.1, 0.15) is 0 Å². The fourth-order valence-corrected chi connectivity index (χ4v) is 3.18. The Hall–Kier alpha value is -0.120. The van der Waals surface area contributed by atoms with E-state index in [1.165, 1.54) is 14.2 Å².